The van der Waals surface area contributed by atoms with E-state index in [1.165, 1.54) is 6.20 Å². The van der Waals surface area contributed by atoms with E-state index in [0.29, 0.717) is 17.1 Å². The number of hydrogen-bond donors (Lipinski definition) is 1. The van der Waals surface area contributed by atoms with Crippen LogP contribution in [0.1, 0.15) is 24.2 Å². The molecule has 0 aliphatic rings. The van der Waals surface area contributed by atoms with Gasteiger partial charge in [0.15, 0.2) is 5.82 Å². The second-order valence-electron chi connectivity index (χ2n) is 6.29. The molecule has 3 rings (SSSR count). The third-order valence-electron chi connectivity index (χ3n) is 3.79. The Labute approximate surface area is 152 Å². The summed E-state index contributed by atoms with van der Waals surface area (Å²) in [6.45, 7) is 3.52. The van der Waals surface area contributed by atoms with E-state index < -0.39 is 5.54 Å². The van der Waals surface area contributed by atoms with Gasteiger partial charge in [-0.15, -0.1) is 6.42 Å². The molecule has 1 N–H and O–H groups in total. The smallest absolute Gasteiger partial charge is 0.256 e. The van der Waals surface area contributed by atoms with E-state index in [1.54, 1.807) is 26.2 Å². The molecule has 5 heteroatoms. The summed E-state index contributed by atoms with van der Waals surface area (Å²) in [6.07, 6.45) is 10.4. The van der Waals surface area contributed by atoms with Gasteiger partial charge in [0, 0.05) is 29.7 Å². The van der Waals surface area contributed by atoms with Gasteiger partial charge in [-0.05, 0) is 26.0 Å². The van der Waals surface area contributed by atoms with E-state index in [9.17, 15) is 4.79 Å². The lowest BCUT2D eigenvalue weighted by molar-refractivity contribution is 0.0930. The van der Waals surface area contributed by atoms with Gasteiger partial charge in [0.2, 0.25) is 0 Å². The minimum absolute atomic E-state index is 0.315. The van der Waals surface area contributed by atoms with Gasteiger partial charge in [-0.3, -0.25) is 9.78 Å². The van der Waals surface area contributed by atoms with Crippen LogP contribution in [0.15, 0.2) is 61.1 Å². The van der Waals surface area contributed by atoms with Crippen molar-refractivity contribution in [1.29, 1.82) is 0 Å². The van der Waals surface area contributed by atoms with E-state index in [0.717, 1.165) is 11.1 Å². The number of benzene rings is 1. The Bertz CT molecular complexity index is 960. The van der Waals surface area contributed by atoms with E-state index in [4.69, 9.17) is 6.42 Å². The summed E-state index contributed by atoms with van der Waals surface area (Å²) < 4.78 is 0. The molecule has 0 aliphatic carbocycles. The van der Waals surface area contributed by atoms with Gasteiger partial charge in [0.05, 0.1) is 16.8 Å². The van der Waals surface area contributed by atoms with Crippen LogP contribution in [0, 0.1) is 12.3 Å². The average Bonchev–Trinajstić information content (AvgIpc) is 2.68. The Morgan fingerprint density at radius 2 is 1.81 bits per heavy atom. The molecule has 0 bridgehead atoms. The van der Waals surface area contributed by atoms with Crippen LogP contribution in [0.2, 0.25) is 0 Å². The third kappa shape index (κ3) is 3.76. The molecule has 5 nitrogen and oxygen atoms in total. The maximum atomic E-state index is 12.8. The molecule has 0 aliphatic heterocycles. The quantitative estimate of drug-likeness (QED) is 0.738. The number of carbonyl (C=O) groups excluding carboxylic acids is 1. The molecule has 1 amide bonds. The number of hydrogen-bond acceptors (Lipinski definition) is 4. The molecule has 0 atom stereocenters. The summed E-state index contributed by atoms with van der Waals surface area (Å²) in [5.74, 6) is 2.75. The van der Waals surface area contributed by atoms with Crippen molar-refractivity contribution in [2.75, 3.05) is 0 Å². The van der Waals surface area contributed by atoms with Crippen molar-refractivity contribution < 1.29 is 4.79 Å². The number of rotatable bonds is 4. The van der Waals surface area contributed by atoms with Gasteiger partial charge in [-0.1, -0.05) is 36.3 Å². The van der Waals surface area contributed by atoms with Crippen LogP contribution in [0.4, 0.5) is 0 Å². The van der Waals surface area contributed by atoms with Crippen molar-refractivity contribution in [3.05, 3.63) is 66.6 Å². The van der Waals surface area contributed by atoms with E-state index in [-0.39, 0.29) is 5.91 Å². The Hall–Kier alpha value is -3.52. The molecule has 1 aromatic carbocycles. The van der Waals surface area contributed by atoms with Crippen molar-refractivity contribution in [3.8, 4) is 35.0 Å². The first-order chi connectivity index (χ1) is 12.5. The number of aromatic nitrogens is 3. The summed E-state index contributed by atoms with van der Waals surface area (Å²) >= 11 is 0. The fraction of sp³-hybridized carbons (Fsp3) is 0.143. The Balaban J connectivity index is 2.10. The van der Waals surface area contributed by atoms with Crippen molar-refractivity contribution in [2.45, 2.75) is 19.4 Å². The number of amides is 1. The fourth-order valence-electron chi connectivity index (χ4n) is 2.39. The average molecular weight is 342 g/mol. The molecule has 26 heavy (non-hydrogen) atoms. The standard InChI is InChI=1S/C21H18N4O/c1-4-21(2,3)25-20(26)17-14-23-19(16-11-8-12-22-13-16)24-18(17)15-9-6-5-7-10-15/h1,5-14H,2-3H3,(H,25,26). The van der Waals surface area contributed by atoms with E-state index >= 15 is 0 Å². The Kier molecular flexibility index (Phi) is 4.76. The zero-order valence-corrected chi connectivity index (χ0v) is 14.6. The summed E-state index contributed by atoms with van der Waals surface area (Å²) in [6, 6.07) is 13.2. The molecule has 0 unspecified atom stereocenters. The summed E-state index contributed by atoms with van der Waals surface area (Å²) in [7, 11) is 0. The molecular weight excluding hydrogens is 324 g/mol. The minimum atomic E-state index is -0.771. The molecule has 2 heterocycles. The van der Waals surface area contributed by atoms with Crippen molar-refractivity contribution >= 4 is 5.91 Å². The van der Waals surface area contributed by atoms with Crippen LogP contribution in [-0.4, -0.2) is 26.4 Å². The highest BCUT2D eigenvalue weighted by Crippen LogP contribution is 2.24. The summed E-state index contributed by atoms with van der Waals surface area (Å²) in [4.78, 5) is 25.8. The lowest BCUT2D eigenvalue weighted by Gasteiger charge is -2.20. The number of nitrogens with zero attached hydrogens (tertiary/aromatic N) is 3. The molecule has 0 saturated heterocycles. The van der Waals surface area contributed by atoms with Gasteiger partial charge in [-0.2, -0.15) is 0 Å². The van der Waals surface area contributed by atoms with Gasteiger partial charge in [0.25, 0.3) is 5.91 Å². The number of pyridine rings is 1. The maximum absolute atomic E-state index is 12.8. The summed E-state index contributed by atoms with van der Waals surface area (Å²) in [5.41, 5.74) is 1.74. The van der Waals surface area contributed by atoms with Crippen LogP contribution < -0.4 is 5.32 Å². The number of terminal acetylenes is 1. The zero-order chi connectivity index (χ0) is 18.6. The first-order valence-electron chi connectivity index (χ1n) is 8.13. The Morgan fingerprint density at radius 1 is 1.08 bits per heavy atom. The third-order valence-corrected chi connectivity index (χ3v) is 3.79. The number of carbonyl (C=O) groups is 1. The molecule has 0 spiro atoms. The van der Waals surface area contributed by atoms with Gasteiger partial charge in [-0.25, -0.2) is 9.97 Å². The predicted molar refractivity (Wildman–Crippen MR) is 101 cm³/mol. The summed E-state index contributed by atoms with van der Waals surface area (Å²) in [5, 5.41) is 2.82. The first-order valence-corrected chi connectivity index (χ1v) is 8.13. The monoisotopic (exact) mass is 342 g/mol. The van der Waals surface area contributed by atoms with Crippen molar-refractivity contribution in [2.24, 2.45) is 0 Å². The molecular formula is C21H18N4O. The largest absolute Gasteiger partial charge is 0.336 e. The lowest BCUT2D eigenvalue weighted by atomic mass is 10.0. The lowest BCUT2D eigenvalue weighted by Crippen LogP contribution is -2.42. The minimum Gasteiger partial charge on any atom is -0.336 e. The molecule has 0 fully saturated rings. The fourth-order valence-corrected chi connectivity index (χ4v) is 2.39. The van der Waals surface area contributed by atoms with Gasteiger partial charge >= 0.3 is 0 Å². The normalized spacial score (nSPS) is 10.8. The van der Waals surface area contributed by atoms with Crippen LogP contribution in [0.5, 0.6) is 0 Å². The van der Waals surface area contributed by atoms with Crippen LogP contribution in [0.3, 0.4) is 0 Å². The van der Waals surface area contributed by atoms with Gasteiger partial charge in [0.1, 0.15) is 0 Å². The van der Waals surface area contributed by atoms with Crippen LogP contribution in [-0.2, 0) is 0 Å². The van der Waals surface area contributed by atoms with Crippen molar-refractivity contribution in [3.63, 3.8) is 0 Å². The van der Waals surface area contributed by atoms with Crippen LogP contribution >= 0.6 is 0 Å². The van der Waals surface area contributed by atoms with Gasteiger partial charge < -0.3 is 5.32 Å². The maximum Gasteiger partial charge on any atom is 0.256 e. The van der Waals surface area contributed by atoms with E-state index in [1.807, 2.05) is 42.5 Å². The first kappa shape index (κ1) is 17.3. The second-order valence-corrected chi connectivity index (χ2v) is 6.29. The highest BCUT2D eigenvalue weighted by atomic mass is 16.1. The molecule has 128 valence electrons. The second kappa shape index (κ2) is 7.16. The predicted octanol–water partition coefficient (Wildman–Crippen LogP) is 3.35. The molecule has 2 aromatic heterocycles. The topological polar surface area (TPSA) is 67.8 Å². The molecule has 3 aromatic rings. The van der Waals surface area contributed by atoms with Crippen LogP contribution in [0.25, 0.3) is 22.6 Å². The Morgan fingerprint density at radius 3 is 2.46 bits per heavy atom. The highest BCUT2D eigenvalue weighted by Gasteiger charge is 2.22. The molecule has 0 radical (unpaired) electrons. The SMILES string of the molecule is C#CC(C)(C)NC(=O)c1cnc(-c2cccnc2)nc1-c1ccccc1. The van der Waals surface area contributed by atoms with E-state index in [2.05, 4.69) is 26.2 Å². The zero-order valence-electron chi connectivity index (χ0n) is 14.6. The number of nitrogens with one attached hydrogen (secondary N) is 1. The molecule has 0 saturated carbocycles. The van der Waals surface area contributed by atoms with Crippen molar-refractivity contribution in [1.82, 2.24) is 20.3 Å². The highest BCUT2D eigenvalue weighted by molar-refractivity contribution is 6.00.